The van der Waals surface area contributed by atoms with Crippen LogP contribution in [0.25, 0.3) is 0 Å². The number of carbonyl (C=O) groups is 1. The maximum Gasteiger partial charge on any atom is 0.238 e. The summed E-state index contributed by atoms with van der Waals surface area (Å²) in [4.78, 5) is 24.7. The molecule has 1 amide bonds. The van der Waals surface area contributed by atoms with Gasteiger partial charge in [-0.1, -0.05) is 6.07 Å². The van der Waals surface area contributed by atoms with Crippen molar-refractivity contribution < 1.29 is 9.18 Å². The first-order valence-electron chi connectivity index (χ1n) is 7.91. The van der Waals surface area contributed by atoms with Crippen LogP contribution in [0.5, 0.6) is 0 Å². The van der Waals surface area contributed by atoms with Gasteiger partial charge in [0.2, 0.25) is 5.91 Å². The van der Waals surface area contributed by atoms with Crippen LogP contribution >= 0.6 is 0 Å². The molecule has 0 spiro atoms. The SMILES string of the molecule is Cc1ccc(NC(=O)CN2CCN(c3cnccn3)CC2)cc1F. The summed E-state index contributed by atoms with van der Waals surface area (Å²) in [5, 5.41) is 2.74. The molecule has 2 aromatic rings. The number of hydrogen-bond acceptors (Lipinski definition) is 5. The number of rotatable bonds is 4. The first kappa shape index (κ1) is 16.3. The number of anilines is 2. The Labute approximate surface area is 140 Å². The molecule has 1 aromatic carbocycles. The molecule has 1 fully saturated rings. The molecule has 0 atom stereocenters. The molecule has 0 unspecified atom stereocenters. The van der Waals surface area contributed by atoms with Gasteiger partial charge in [-0.2, -0.15) is 0 Å². The largest absolute Gasteiger partial charge is 0.353 e. The van der Waals surface area contributed by atoms with Gasteiger partial charge in [0.05, 0.1) is 12.7 Å². The highest BCUT2D eigenvalue weighted by atomic mass is 19.1. The number of halogens is 1. The second kappa shape index (κ2) is 7.35. The van der Waals surface area contributed by atoms with Crippen molar-refractivity contribution in [2.75, 3.05) is 42.9 Å². The Balaban J connectivity index is 1.49. The molecule has 1 saturated heterocycles. The molecule has 1 N–H and O–H groups in total. The zero-order valence-electron chi connectivity index (χ0n) is 13.6. The summed E-state index contributed by atoms with van der Waals surface area (Å²) < 4.78 is 13.5. The number of piperazine rings is 1. The minimum absolute atomic E-state index is 0.133. The predicted molar refractivity (Wildman–Crippen MR) is 90.5 cm³/mol. The number of aromatic nitrogens is 2. The maximum absolute atomic E-state index is 13.5. The van der Waals surface area contributed by atoms with Crippen molar-refractivity contribution in [3.63, 3.8) is 0 Å². The van der Waals surface area contributed by atoms with E-state index in [0.29, 0.717) is 17.8 Å². The van der Waals surface area contributed by atoms with Crippen molar-refractivity contribution in [2.24, 2.45) is 0 Å². The van der Waals surface area contributed by atoms with Gasteiger partial charge in [0.25, 0.3) is 0 Å². The quantitative estimate of drug-likeness (QED) is 0.925. The summed E-state index contributed by atoms with van der Waals surface area (Å²) in [5.74, 6) is 0.410. The lowest BCUT2D eigenvalue weighted by Gasteiger charge is -2.34. The summed E-state index contributed by atoms with van der Waals surface area (Å²) in [6.07, 6.45) is 5.07. The van der Waals surface area contributed by atoms with Crippen LogP contribution in [-0.2, 0) is 4.79 Å². The minimum atomic E-state index is -0.314. The lowest BCUT2D eigenvalue weighted by molar-refractivity contribution is -0.117. The Morgan fingerprint density at radius 2 is 2.04 bits per heavy atom. The molecule has 2 heterocycles. The average Bonchev–Trinajstić information content (AvgIpc) is 2.59. The van der Waals surface area contributed by atoms with Crippen LogP contribution in [-0.4, -0.2) is 53.5 Å². The number of aryl methyl sites for hydroxylation is 1. The number of nitrogens with one attached hydrogen (secondary N) is 1. The summed E-state index contributed by atoms with van der Waals surface area (Å²) in [7, 11) is 0. The lowest BCUT2D eigenvalue weighted by Crippen LogP contribution is -2.49. The minimum Gasteiger partial charge on any atom is -0.353 e. The van der Waals surface area contributed by atoms with Gasteiger partial charge in [-0.25, -0.2) is 9.37 Å². The second-order valence-electron chi connectivity index (χ2n) is 5.84. The summed E-state index contributed by atoms with van der Waals surface area (Å²) >= 11 is 0. The van der Waals surface area contributed by atoms with E-state index in [1.54, 1.807) is 37.6 Å². The third kappa shape index (κ3) is 4.05. The van der Waals surface area contributed by atoms with Crippen molar-refractivity contribution in [2.45, 2.75) is 6.92 Å². The van der Waals surface area contributed by atoms with Crippen molar-refractivity contribution in [1.29, 1.82) is 0 Å². The van der Waals surface area contributed by atoms with E-state index in [1.165, 1.54) is 6.07 Å². The van der Waals surface area contributed by atoms with Gasteiger partial charge in [-0.15, -0.1) is 0 Å². The molecular formula is C17H20FN5O. The fraction of sp³-hybridized carbons (Fsp3) is 0.353. The standard InChI is InChI=1S/C17H20FN5O/c1-13-2-3-14(10-15(13)18)21-17(24)12-22-6-8-23(9-7-22)16-11-19-4-5-20-16/h2-5,10-11H,6-9,12H2,1H3,(H,21,24). The molecule has 0 aliphatic carbocycles. The monoisotopic (exact) mass is 329 g/mol. The van der Waals surface area contributed by atoms with E-state index >= 15 is 0 Å². The summed E-state index contributed by atoms with van der Waals surface area (Å²) in [6, 6.07) is 4.71. The molecule has 7 heteroatoms. The summed E-state index contributed by atoms with van der Waals surface area (Å²) in [5.41, 5.74) is 1.05. The van der Waals surface area contributed by atoms with E-state index in [-0.39, 0.29) is 11.7 Å². The number of carbonyl (C=O) groups excluding carboxylic acids is 1. The molecule has 1 aliphatic heterocycles. The van der Waals surface area contributed by atoms with E-state index in [2.05, 4.69) is 25.1 Å². The van der Waals surface area contributed by atoms with Gasteiger partial charge in [0.15, 0.2) is 0 Å². The second-order valence-corrected chi connectivity index (χ2v) is 5.84. The van der Waals surface area contributed by atoms with Gasteiger partial charge in [0.1, 0.15) is 11.6 Å². The molecular weight excluding hydrogens is 309 g/mol. The Morgan fingerprint density at radius 1 is 1.25 bits per heavy atom. The third-order valence-corrected chi connectivity index (χ3v) is 4.07. The van der Waals surface area contributed by atoms with Crippen molar-refractivity contribution in [3.8, 4) is 0 Å². The zero-order chi connectivity index (χ0) is 16.9. The third-order valence-electron chi connectivity index (χ3n) is 4.07. The van der Waals surface area contributed by atoms with E-state index in [4.69, 9.17) is 0 Å². The highest BCUT2D eigenvalue weighted by Gasteiger charge is 2.20. The van der Waals surface area contributed by atoms with Crippen molar-refractivity contribution in [1.82, 2.24) is 14.9 Å². The summed E-state index contributed by atoms with van der Waals surface area (Å²) in [6.45, 7) is 5.12. The van der Waals surface area contributed by atoms with E-state index in [9.17, 15) is 9.18 Å². The van der Waals surface area contributed by atoms with E-state index < -0.39 is 0 Å². The van der Waals surface area contributed by atoms with Crippen LogP contribution in [0.4, 0.5) is 15.9 Å². The highest BCUT2D eigenvalue weighted by Crippen LogP contribution is 2.14. The zero-order valence-corrected chi connectivity index (χ0v) is 13.6. The van der Waals surface area contributed by atoms with Crippen molar-refractivity contribution >= 4 is 17.4 Å². The molecule has 24 heavy (non-hydrogen) atoms. The predicted octanol–water partition coefficient (Wildman–Crippen LogP) is 1.68. The topological polar surface area (TPSA) is 61.4 Å². The van der Waals surface area contributed by atoms with Crippen LogP contribution in [0, 0.1) is 12.7 Å². The molecule has 0 bridgehead atoms. The Morgan fingerprint density at radius 3 is 2.71 bits per heavy atom. The number of amides is 1. The molecule has 0 saturated carbocycles. The van der Waals surface area contributed by atoms with Gasteiger partial charge < -0.3 is 10.2 Å². The highest BCUT2D eigenvalue weighted by molar-refractivity contribution is 5.92. The fourth-order valence-corrected chi connectivity index (χ4v) is 2.66. The molecule has 1 aromatic heterocycles. The van der Waals surface area contributed by atoms with Gasteiger partial charge in [0, 0.05) is 44.3 Å². The Kier molecular flexibility index (Phi) is 5.00. The molecule has 1 aliphatic rings. The smallest absolute Gasteiger partial charge is 0.238 e. The fourth-order valence-electron chi connectivity index (χ4n) is 2.66. The van der Waals surface area contributed by atoms with Crippen LogP contribution in [0.1, 0.15) is 5.56 Å². The van der Waals surface area contributed by atoms with Gasteiger partial charge >= 0.3 is 0 Å². The average molecular weight is 329 g/mol. The van der Waals surface area contributed by atoms with Crippen LogP contribution < -0.4 is 10.2 Å². The number of benzene rings is 1. The Hall–Kier alpha value is -2.54. The lowest BCUT2D eigenvalue weighted by atomic mass is 10.2. The van der Waals surface area contributed by atoms with Crippen LogP contribution in [0.2, 0.25) is 0 Å². The van der Waals surface area contributed by atoms with Crippen LogP contribution in [0.15, 0.2) is 36.8 Å². The van der Waals surface area contributed by atoms with E-state index in [1.807, 2.05) is 0 Å². The van der Waals surface area contributed by atoms with E-state index in [0.717, 1.165) is 32.0 Å². The molecule has 126 valence electrons. The van der Waals surface area contributed by atoms with Crippen LogP contribution in [0.3, 0.4) is 0 Å². The number of hydrogen-bond donors (Lipinski definition) is 1. The first-order valence-corrected chi connectivity index (χ1v) is 7.91. The molecule has 0 radical (unpaired) electrons. The normalized spacial score (nSPS) is 15.3. The van der Waals surface area contributed by atoms with Gasteiger partial charge in [-0.05, 0) is 24.6 Å². The number of nitrogens with zero attached hydrogens (tertiary/aromatic N) is 4. The van der Waals surface area contributed by atoms with Gasteiger partial charge in [-0.3, -0.25) is 14.7 Å². The Bertz CT molecular complexity index is 701. The first-order chi connectivity index (χ1) is 11.6. The van der Waals surface area contributed by atoms with Crippen molar-refractivity contribution in [3.05, 3.63) is 48.2 Å². The molecule has 3 rings (SSSR count). The maximum atomic E-state index is 13.5. The molecule has 6 nitrogen and oxygen atoms in total.